The van der Waals surface area contributed by atoms with Crippen LogP contribution in [0.15, 0.2) is 12.2 Å². The first-order valence-electron chi connectivity index (χ1n) is 4.54. The van der Waals surface area contributed by atoms with Crippen LogP contribution in [0.3, 0.4) is 0 Å². The molecule has 1 fully saturated rings. The third-order valence-corrected chi connectivity index (χ3v) is 2.63. The molecule has 1 saturated carbocycles. The predicted molar refractivity (Wildman–Crippen MR) is 49.6 cm³/mol. The van der Waals surface area contributed by atoms with E-state index in [1.54, 1.807) is 0 Å². The second-order valence-corrected chi connectivity index (χ2v) is 3.91. The van der Waals surface area contributed by atoms with Gasteiger partial charge in [0.2, 0.25) is 0 Å². The average molecular weight is 153 g/mol. The third-order valence-electron chi connectivity index (χ3n) is 2.63. The van der Waals surface area contributed by atoms with Crippen molar-refractivity contribution in [2.24, 2.45) is 5.41 Å². The molecule has 0 aromatic heterocycles. The summed E-state index contributed by atoms with van der Waals surface area (Å²) in [6, 6.07) is 0. The quantitative estimate of drug-likeness (QED) is 0.598. The molecule has 0 saturated heterocycles. The Balaban J connectivity index is 2.07. The molecular weight excluding hydrogens is 134 g/mol. The van der Waals surface area contributed by atoms with Gasteiger partial charge in [-0.1, -0.05) is 19.1 Å². The highest BCUT2D eigenvalue weighted by Gasteiger charge is 2.39. The van der Waals surface area contributed by atoms with Gasteiger partial charge in [-0.2, -0.15) is 0 Å². The molecule has 0 spiro atoms. The maximum atomic E-state index is 3.86. The van der Waals surface area contributed by atoms with Gasteiger partial charge in [0.1, 0.15) is 0 Å². The Morgan fingerprint density at radius 1 is 1.55 bits per heavy atom. The number of hydrogen-bond donors (Lipinski definition) is 1. The molecule has 11 heavy (non-hydrogen) atoms. The van der Waals surface area contributed by atoms with E-state index in [2.05, 4.69) is 25.7 Å². The zero-order valence-electron chi connectivity index (χ0n) is 7.74. The summed E-state index contributed by atoms with van der Waals surface area (Å²) in [7, 11) is 0. The van der Waals surface area contributed by atoms with Crippen molar-refractivity contribution in [1.29, 1.82) is 0 Å². The first-order valence-corrected chi connectivity index (χ1v) is 4.54. The molecule has 0 unspecified atom stereocenters. The zero-order chi connectivity index (χ0) is 8.32. The fraction of sp³-hybridized carbons (Fsp3) is 0.800. The molecule has 1 nitrogen and oxygen atoms in total. The minimum Gasteiger partial charge on any atom is -0.312 e. The molecule has 0 bridgehead atoms. The van der Waals surface area contributed by atoms with Crippen LogP contribution >= 0.6 is 0 Å². The highest BCUT2D eigenvalue weighted by molar-refractivity contribution is 4.96. The molecule has 1 N–H and O–H groups in total. The van der Waals surface area contributed by atoms with Gasteiger partial charge in [-0.15, -0.1) is 0 Å². The zero-order valence-corrected chi connectivity index (χ0v) is 7.74. The molecule has 1 heteroatoms. The monoisotopic (exact) mass is 153 g/mol. The van der Waals surface area contributed by atoms with E-state index in [-0.39, 0.29) is 0 Å². The summed E-state index contributed by atoms with van der Waals surface area (Å²) in [4.78, 5) is 0. The van der Waals surface area contributed by atoms with Gasteiger partial charge in [0, 0.05) is 13.1 Å². The van der Waals surface area contributed by atoms with E-state index >= 15 is 0 Å². The Labute approximate surface area is 69.9 Å². The van der Waals surface area contributed by atoms with Gasteiger partial charge >= 0.3 is 0 Å². The summed E-state index contributed by atoms with van der Waals surface area (Å²) in [5.41, 5.74) is 1.91. The predicted octanol–water partition coefficient (Wildman–Crippen LogP) is 2.34. The molecule has 0 aliphatic heterocycles. The van der Waals surface area contributed by atoms with Gasteiger partial charge in [0.05, 0.1) is 0 Å². The van der Waals surface area contributed by atoms with Gasteiger partial charge in [-0.05, 0) is 31.6 Å². The second kappa shape index (κ2) is 3.40. The average Bonchev–Trinajstić information content (AvgIpc) is 2.69. The first kappa shape index (κ1) is 8.79. The first-order chi connectivity index (χ1) is 5.18. The smallest absolute Gasteiger partial charge is 0.0159 e. The van der Waals surface area contributed by atoms with E-state index in [9.17, 15) is 0 Å². The Bertz CT molecular complexity index is 145. The molecule has 0 aromatic rings. The van der Waals surface area contributed by atoms with Crippen molar-refractivity contribution in [2.45, 2.75) is 33.1 Å². The largest absolute Gasteiger partial charge is 0.312 e. The standard InChI is InChI=1S/C10H19N/c1-4-10(5-6-10)8-11-7-9(2)3/h11H,2,4-8H2,1,3H3. The van der Waals surface area contributed by atoms with E-state index in [1.807, 2.05) is 0 Å². The van der Waals surface area contributed by atoms with Crippen LogP contribution in [0.2, 0.25) is 0 Å². The van der Waals surface area contributed by atoms with Crippen LogP contribution in [-0.4, -0.2) is 13.1 Å². The lowest BCUT2D eigenvalue weighted by Crippen LogP contribution is -2.24. The van der Waals surface area contributed by atoms with Crippen LogP contribution in [0.4, 0.5) is 0 Å². The molecule has 0 amide bonds. The highest BCUT2D eigenvalue weighted by Crippen LogP contribution is 2.47. The van der Waals surface area contributed by atoms with Crippen LogP contribution in [0, 0.1) is 5.41 Å². The van der Waals surface area contributed by atoms with E-state index < -0.39 is 0 Å². The molecule has 0 atom stereocenters. The summed E-state index contributed by atoms with van der Waals surface area (Å²) < 4.78 is 0. The van der Waals surface area contributed by atoms with Gasteiger partial charge in [-0.3, -0.25) is 0 Å². The third kappa shape index (κ3) is 2.66. The summed E-state index contributed by atoms with van der Waals surface area (Å²) in [6.45, 7) is 10.4. The fourth-order valence-corrected chi connectivity index (χ4v) is 1.37. The second-order valence-electron chi connectivity index (χ2n) is 3.91. The van der Waals surface area contributed by atoms with Crippen LogP contribution in [0.25, 0.3) is 0 Å². The van der Waals surface area contributed by atoms with Crippen molar-refractivity contribution in [3.05, 3.63) is 12.2 Å². The fourth-order valence-electron chi connectivity index (χ4n) is 1.37. The summed E-state index contributed by atoms with van der Waals surface area (Å²) in [6.07, 6.45) is 4.18. The highest BCUT2D eigenvalue weighted by atomic mass is 14.9. The normalized spacial score (nSPS) is 19.8. The van der Waals surface area contributed by atoms with Crippen molar-refractivity contribution in [2.75, 3.05) is 13.1 Å². The summed E-state index contributed by atoms with van der Waals surface area (Å²) in [5.74, 6) is 0. The van der Waals surface area contributed by atoms with E-state index in [4.69, 9.17) is 0 Å². The molecule has 1 aliphatic rings. The van der Waals surface area contributed by atoms with Crippen LogP contribution in [0.1, 0.15) is 33.1 Å². The molecule has 0 radical (unpaired) electrons. The lowest BCUT2D eigenvalue weighted by atomic mass is 10.0. The van der Waals surface area contributed by atoms with Gasteiger partial charge in [0.25, 0.3) is 0 Å². The molecular formula is C10H19N. The van der Waals surface area contributed by atoms with E-state index in [1.165, 1.54) is 31.4 Å². The maximum Gasteiger partial charge on any atom is 0.0159 e. The van der Waals surface area contributed by atoms with Crippen LogP contribution in [0.5, 0.6) is 0 Å². The summed E-state index contributed by atoms with van der Waals surface area (Å²) in [5, 5.41) is 3.44. The van der Waals surface area contributed by atoms with Crippen molar-refractivity contribution < 1.29 is 0 Å². The van der Waals surface area contributed by atoms with Gasteiger partial charge in [0.15, 0.2) is 0 Å². The topological polar surface area (TPSA) is 12.0 Å². The minimum absolute atomic E-state index is 0.676. The maximum absolute atomic E-state index is 3.86. The molecule has 64 valence electrons. The molecule has 1 rings (SSSR count). The lowest BCUT2D eigenvalue weighted by molar-refractivity contribution is 0.454. The summed E-state index contributed by atoms with van der Waals surface area (Å²) >= 11 is 0. The van der Waals surface area contributed by atoms with E-state index in [0.717, 1.165) is 6.54 Å². The van der Waals surface area contributed by atoms with Crippen molar-refractivity contribution in [3.8, 4) is 0 Å². The lowest BCUT2D eigenvalue weighted by Gasteiger charge is -2.12. The molecule has 0 aromatic carbocycles. The van der Waals surface area contributed by atoms with Gasteiger partial charge < -0.3 is 5.32 Å². The Morgan fingerprint density at radius 2 is 2.18 bits per heavy atom. The van der Waals surface area contributed by atoms with Crippen molar-refractivity contribution in [1.82, 2.24) is 5.32 Å². The van der Waals surface area contributed by atoms with Crippen LogP contribution in [-0.2, 0) is 0 Å². The van der Waals surface area contributed by atoms with Crippen molar-refractivity contribution in [3.63, 3.8) is 0 Å². The number of hydrogen-bond acceptors (Lipinski definition) is 1. The van der Waals surface area contributed by atoms with Crippen LogP contribution < -0.4 is 5.32 Å². The number of nitrogens with one attached hydrogen (secondary N) is 1. The van der Waals surface area contributed by atoms with Gasteiger partial charge in [-0.25, -0.2) is 0 Å². The number of rotatable bonds is 5. The molecule has 0 heterocycles. The Kier molecular flexibility index (Phi) is 2.72. The minimum atomic E-state index is 0.676. The Hall–Kier alpha value is -0.300. The van der Waals surface area contributed by atoms with E-state index in [0.29, 0.717) is 5.41 Å². The Morgan fingerprint density at radius 3 is 2.55 bits per heavy atom. The molecule has 1 aliphatic carbocycles. The SMILES string of the molecule is C=C(C)CNCC1(CC)CC1. The van der Waals surface area contributed by atoms with Crippen molar-refractivity contribution >= 4 is 0 Å².